The van der Waals surface area contributed by atoms with Crippen molar-refractivity contribution in [2.24, 2.45) is 5.73 Å². The maximum absolute atomic E-state index is 13.3. The maximum atomic E-state index is 13.3. The summed E-state index contributed by atoms with van der Waals surface area (Å²) in [6.07, 6.45) is -2.64. The zero-order valence-corrected chi connectivity index (χ0v) is 11.7. The topological polar surface area (TPSA) is 29.3 Å². The van der Waals surface area contributed by atoms with Gasteiger partial charge in [-0.05, 0) is 30.4 Å². The standard InChI is InChI=1S/C15H21F3N2/c1-2-13(19)14(15(16,17)18)20-9-7-11-5-3-4-6-12(11)8-10-20/h3-6,13-14H,2,7-10,19H2,1H3. The summed E-state index contributed by atoms with van der Waals surface area (Å²) < 4.78 is 39.8. The average Bonchev–Trinajstić information content (AvgIpc) is 2.60. The minimum atomic E-state index is -4.27. The highest BCUT2D eigenvalue weighted by Crippen LogP contribution is 2.29. The Labute approximate surface area is 117 Å². The summed E-state index contributed by atoms with van der Waals surface area (Å²) in [6.45, 7) is 2.53. The van der Waals surface area contributed by atoms with Crippen molar-refractivity contribution >= 4 is 0 Å². The molecule has 0 saturated heterocycles. The number of fused-ring (bicyclic) bond motifs is 1. The summed E-state index contributed by atoms with van der Waals surface area (Å²) in [5.74, 6) is 0. The van der Waals surface area contributed by atoms with Gasteiger partial charge in [-0.25, -0.2) is 0 Å². The number of hydrogen-bond donors (Lipinski definition) is 1. The number of alkyl halides is 3. The van der Waals surface area contributed by atoms with Crippen LogP contribution in [-0.4, -0.2) is 36.2 Å². The minimum absolute atomic E-state index is 0.327. The number of hydrogen-bond acceptors (Lipinski definition) is 2. The summed E-state index contributed by atoms with van der Waals surface area (Å²) in [6, 6.07) is 5.47. The normalized spacial score (nSPS) is 20.1. The molecule has 2 N–H and O–H groups in total. The molecule has 5 heteroatoms. The summed E-state index contributed by atoms with van der Waals surface area (Å²) in [4.78, 5) is 1.51. The minimum Gasteiger partial charge on any atom is -0.326 e. The van der Waals surface area contributed by atoms with Crippen molar-refractivity contribution < 1.29 is 13.2 Å². The Morgan fingerprint density at radius 2 is 1.65 bits per heavy atom. The van der Waals surface area contributed by atoms with Crippen LogP contribution in [0.1, 0.15) is 24.5 Å². The maximum Gasteiger partial charge on any atom is 0.405 e. The van der Waals surface area contributed by atoms with Gasteiger partial charge in [-0.1, -0.05) is 31.2 Å². The highest BCUT2D eigenvalue weighted by molar-refractivity contribution is 5.28. The van der Waals surface area contributed by atoms with Crippen LogP contribution in [0.5, 0.6) is 0 Å². The zero-order valence-electron chi connectivity index (χ0n) is 11.7. The van der Waals surface area contributed by atoms with Gasteiger partial charge in [0.1, 0.15) is 6.04 Å². The fourth-order valence-electron chi connectivity index (χ4n) is 2.91. The molecule has 1 aromatic carbocycles. The van der Waals surface area contributed by atoms with Gasteiger partial charge < -0.3 is 5.73 Å². The molecule has 0 aliphatic carbocycles. The van der Waals surface area contributed by atoms with E-state index in [9.17, 15) is 13.2 Å². The third kappa shape index (κ3) is 3.33. The van der Waals surface area contributed by atoms with E-state index in [1.165, 1.54) is 4.90 Å². The van der Waals surface area contributed by atoms with E-state index in [1.54, 1.807) is 6.92 Å². The highest BCUT2D eigenvalue weighted by Gasteiger charge is 2.46. The van der Waals surface area contributed by atoms with E-state index in [1.807, 2.05) is 24.3 Å². The molecule has 2 atom stereocenters. The molecule has 0 amide bonds. The van der Waals surface area contributed by atoms with E-state index in [0.717, 1.165) is 11.1 Å². The Morgan fingerprint density at radius 3 is 2.05 bits per heavy atom. The average molecular weight is 286 g/mol. The lowest BCUT2D eigenvalue weighted by atomic mass is 10.0. The van der Waals surface area contributed by atoms with E-state index in [0.29, 0.717) is 32.4 Å². The van der Waals surface area contributed by atoms with Crippen molar-refractivity contribution in [3.63, 3.8) is 0 Å². The fraction of sp³-hybridized carbons (Fsp3) is 0.600. The van der Waals surface area contributed by atoms with Gasteiger partial charge in [-0.3, -0.25) is 4.90 Å². The molecule has 0 radical (unpaired) electrons. The van der Waals surface area contributed by atoms with Gasteiger partial charge in [0, 0.05) is 19.1 Å². The van der Waals surface area contributed by atoms with Gasteiger partial charge in [0.2, 0.25) is 0 Å². The molecular weight excluding hydrogens is 265 g/mol. The Morgan fingerprint density at radius 1 is 1.15 bits per heavy atom. The molecule has 20 heavy (non-hydrogen) atoms. The summed E-state index contributed by atoms with van der Waals surface area (Å²) in [5.41, 5.74) is 8.04. The Balaban J connectivity index is 2.17. The van der Waals surface area contributed by atoms with E-state index >= 15 is 0 Å². The molecular formula is C15H21F3N2. The first-order valence-corrected chi connectivity index (χ1v) is 7.06. The molecule has 2 rings (SSSR count). The van der Waals surface area contributed by atoms with Gasteiger partial charge in [-0.2, -0.15) is 13.2 Å². The first-order valence-electron chi connectivity index (χ1n) is 7.06. The first-order chi connectivity index (χ1) is 9.43. The molecule has 0 fully saturated rings. The monoisotopic (exact) mass is 286 g/mol. The molecule has 1 heterocycles. The second-order valence-corrected chi connectivity index (χ2v) is 5.36. The van der Waals surface area contributed by atoms with Crippen molar-refractivity contribution in [1.82, 2.24) is 4.90 Å². The Bertz CT molecular complexity index is 418. The van der Waals surface area contributed by atoms with Crippen LogP contribution >= 0.6 is 0 Å². The van der Waals surface area contributed by atoms with Crippen LogP contribution in [0.4, 0.5) is 13.2 Å². The highest BCUT2D eigenvalue weighted by atomic mass is 19.4. The van der Waals surface area contributed by atoms with Crippen LogP contribution in [0.3, 0.4) is 0 Å². The molecule has 1 aliphatic heterocycles. The number of rotatable bonds is 3. The molecule has 0 spiro atoms. The van der Waals surface area contributed by atoms with Crippen LogP contribution in [-0.2, 0) is 12.8 Å². The number of nitrogens with zero attached hydrogens (tertiary/aromatic N) is 1. The largest absolute Gasteiger partial charge is 0.405 e. The predicted octanol–water partition coefficient (Wildman–Crippen LogP) is 2.76. The smallest absolute Gasteiger partial charge is 0.326 e. The molecule has 0 aromatic heterocycles. The molecule has 1 aliphatic rings. The Hall–Kier alpha value is -1.07. The van der Waals surface area contributed by atoms with Crippen molar-refractivity contribution in [1.29, 1.82) is 0 Å². The second-order valence-electron chi connectivity index (χ2n) is 5.36. The van der Waals surface area contributed by atoms with Gasteiger partial charge in [0.15, 0.2) is 0 Å². The van der Waals surface area contributed by atoms with Crippen LogP contribution in [0, 0.1) is 0 Å². The van der Waals surface area contributed by atoms with Crippen molar-refractivity contribution in [2.45, 2.75) is 44.4 Å². The van der Waals surface area contributed by atoms with E-state index in [-0.39, 0.29) is 0 Å². The number of nitrogens with two attached hydrogens (primary N) is 1. The van der Waals surface area contributed by atoms with Gasteiger partial charge >= 0.3 is 6.18 Å². The number of benzene rings is 1. The van der Waals surface area contributed by atoms with Crippen molar-refractivity contribution in [3.8, 4) is 0 Å². The molecule has 1 aromatic rings. The zero-order chi connectivity index (χ0) is 14.8. The molecule has 0 saturated carbocycles. The quantitative estimate of drug-likeness (QED) is 0.926. The van der Waals surface area contributed by atoms with Crippen LogP contribution in [0.25, 0.3) is 0 Å². The van der Waals surface area contributed by atoms with Gasteiger partial charge in [-0.15, -0.1) is 0 Å². The molecule has 2 unspecified atom stereocenters. The second kappa shape index (κ2) is 6.14. The molecule has 0 bridgehead atoms. The Kier molecular flexibility index (Phi) is 4.70. The molecule has 112 valence electrons. The van der Waals surface area contributed by atoms with Crippen molar-refractivity contribution in [3.05, 3.63) is 35.4 Å². The third-order valence-corrected chi connectivity index (χ3v) is 4.06. The summed E-state index contributed by atoms with van der Waals surface area (Å²) >= 11 is 0. The lowest BCUT2D eigenvalue weighted by Gasteiger charge is -2.35. The van der Waals surface area contributed by atoms with E-state index < -0.39 is 18.3 Å². The fourth-order valence-corrected chi connectivity index (χ4v) is 2.91. The van der Waals surface area contributed by atoms with E-state index in [4.69, 9.17) is 5.73 Å². The van der Waals surface area contributed by atoms with Crippen LogP contribution in [0.15, 0.2) is 24.3 Å². The predicted molar refractivity (Wildman–Crippen MR) is 73.5 cm³/mol. The lowest BCUT2D eigenvalue weighted by Crippen LogP contribution is -2.56. The van der Waals surface area contributed by atoms with Crippen molar-refractivity contribution in [2.75, 3.05) is 13.1 Å². The third-order valence-electron chi connectivity index (χ3n) is 4.06. The summed E-state index contributed by atoms with van der Waals surface area (Å²) in [7, 11) is 0. The lowest BCUT2D eigenvalue weighted by molar-refractivity contribution is -0.189. The van der Waals surface area contributed by atoms with Crippen LogP contribution in [0.2, 0.25) is 0 Å². The van der Waals surface area contributed by atoms with Gasteiger partial charge in [0.25, 0.3) is 0 Å². The SMILES string of the molecule is CCC(N)C(N1CCc2ccccc2CC1)C(F)(F)F. The first kappa shape index (κ1) is 15.3. The molecule has 2 nitrogen and oxygen atoms in total. The van der Waals surface area contributed by atoms with Gasteiger partial charge in [0.05, 0.1) is 0 Å². The van der Waals surface area contributed by atoms with E-state index in [2.05, 4.69) is 0 Å². The van der Waals surface area contributed by atoms with Crippen LogP contribution < -0.4 is 5.73 Å². The summed E-state index contributed by atoms with van der Waals surface area (Å²) in [5, 5.41) is 0. The number of halogens is 3.